The van der Waals surface area contributed by atoms with Crippen molar-refractivity contribution in [3.05, 3.63) is 54.1 Å². The van der Waals surface area contributed by atoms with E-state index in [0.717, 1.165) is 0 Å². The summed E-state index contributed by atoms with van der Waals surface area (Å²) in [4.78, 5) is 36.4. The first-order valence-corrected chi connectivity index (χ1v) is 9.52. The van der Waals surface area contributed by atoms with Crippen molar-refractivity contribution in [3.8, 4) is 5.75 Å². The van der Waals surface area contributed by atoms with Crippen molar-refractivity contribution >= 4 is 29.1 Å². The molecular formula is C22H27N3O4. The first kappa shape index (κ1) is 21.9. The highest BCUT2D eigenvalue weighted by molar-refractivity contribution is 6.01. The van der Waals surface area contributed by atoms with Crippen molar-refractivity contribution in [1.29, 1.82) is 0 Å². The van der Waals surface area contributed by atoms with E-state index in [1.807, 2.05) is 20.8 Å². The maximum absolute atomic E-state index is 12.7. The number of anilines is 2. The summed E-state index contributed by atoms with van der Waals surface area (Å²) in [6, 6.07) is 12.8. The van der Waals surface area contributed by atoms with E-state index >= 15 is 0 Å². The topological polar surface area (TPSA) is 96.5 Å². The Morgan fingerprint density at radius 1 is 0.897 bits per heavy atom. The van der Waals surface area contributed by atoms with Gasteiger partial charge in [0.05, 0.1) is 6.61 Å². The molecule has 0 radical (unpaired) electrons. The monoisotopic (exact) mass is 397 g/mol. The Hall–Kier alpha value is -3.35. The van der Waals surface area contributed by atoms with Gasteiger partial charge < -0.3 is 20.7 Å². The van der Waals surface area contributed by atoms with Crippen LogP contribution in [0.3, 0.4) is 0 Å². The molecule has 154 valence electrons. The van der Waals surface area contributed by atoms with Crippen LogP contribution in [-0.2, 0) is 9.59 Å². The number of benzene rings is 2. The summed E-state index contributed by atoms with van der Waals surface area (Å²) in [5.41, 5.74) is 1.66. The van der Waals surface area contributed by atoms with E-state index in [1.54, 1.807) is 48.5 Å². The summed E-state index contributed by atoms with van der Waals surface area (Å²) >= 11 is 0. The van der Waals surface area contributed by atoms with Gasteiger partial charge in [-0.1, -0.05) is 13.8 Å². The zero-order valence-corrected chi connectivity index (χ0v) is 17.1. The highest BCUT2D eigenvalue weighted by atomic mass is 16.5. The first-order valence-electron chi connectivity index (χ1n) is 9.52. The lowest BCUT2D eigenvalue weighted by atomic mass is 10.0. The van der Waals surface area contributed by atoms with Gasteiger partial charge in [0.1, 0.15) is 11.8 Å². The first-order chi connectivity index (χ1) is 13.8. The second kappa shape index (κ2) is 10.3. The van der Waals surface area contributed by atoms with Crippen LogP contribution in [0.5, 0.6) is 5.75 Å². The van der Waals surface area contributed by atoms with Gasteiger partial charge in [0.2, 0.25) is 11.8 Å². The molecule has 0 saturated carbocycles. The van der Waals surface area contributed by atoms with Crippen LogP contribution >= 0.6 is 0 Å². The molecule has 0 aliphatic carbocycles. The molecule has 1 atom stereocenters. The van der Waals surface area contributed by atoms with Gasteiger partial charge in [0, 0.05) is 23.9 Å². The highest BCUT2D eigenvalue weighted by Crippen LogP contribution is 2.16. The average Bonchev–Trinajstić information content (AvgIpc) is 2.67. The van der Waals surface area contributed by atoms with Gasteiger partial charge in [-0.3, -0.25) is 14.4 Å². The summed E-state index contributed by atoms with van der Waals surface area (Å²) in [6.07, 6.45) is 0. The van der Waals surface area contributed by atoms with Crippen molar-refractivity contribution in [1.82, 2.24) is 5.32 Å². The van der Waals surface area contributed by atoms with Crippen molar-refractivity contribution < 1.29 is 19.1 Å². The number of ether oxygens (including phenoxy) is 1. The van der Waals surface area contributed by atoms with E-state index < -0.39 is 6.04 Å². The van der Waals surface area contributed by atoms with Gasteiger partial charge in [-0.15, -0.1) is 0 Å². The maximum atomic E-state index is 12.7. The van der Waals surface area contributed by atoms with Crippen molar-refractivity contribution in [2.45, 2.75) is 33.7 Å². The van der Waals surface area contributed by atoms with Crippen LogP contribution in [0.25, 0.3) is 0 Å². The molecule has 7 nitrogen and oxygen atoms in total. The molecule has 0 bridgehead atoms. The molecule has 0 heterocycles. The maximum Gasteiger partial charge on any atom is 0.251 e. The lowest BCUT2D eigenvalue weighted by molar-refractivity contribution is -0.119. The standard InChI is InChI=1S/C22H27N3O4/c1-5-29-19-12-6-16(7-13-19)21(27)25-20(14(2)3)22(28)24-18-10-8-17(9-11-18)23-15(4)26/h6-14,20H,5H2,1-4H3,(H,23,26)(H,24,28)(H,25,27)/t20-/m0/s1. The Kier molecular flexibility index (Phi) is 7.77. The molecule has 0 spiro atoms. The number of rotatable bonds is 8. The van der Waals surface area contributed by atoms with Crippen LogP contribution in [0.4, 0.5) is 11.4 Å². The molecule has 0 saturated heterocycles. The molecule has 2 aromatic rings. The van der Waals surface area contributed by atoms with E-state index in [9.17, 15) is 14.4 Å². The van der Waals surface area contributed by atoms with Crippen molar-refractivity contribution in [2.24, 2.45) is 5.92 Å². The van der Waals surface area contributed by atoms with Gasteiger partial charge in [0.25, 0.3) is 5.91 Å². The minimum atomic E-state index is -0.705. The minimum absolute atomic E-state index is 0.111. The lowest BCUT2D eigenvalue weighted by Crippen LogP contribution is -2.47. The molecule has 0 aromatic heterocycles. The summed E-state index contributed by atoms with van der Waals surface area (Å²) in [6.45, 7) is 7.59. The zero-order chi connectivity index (χ0) is 21.4. The molecule has 0 fully saturated rings. The second-order valence-electron chi connectivity index (χ2n) is 6.90. The SMILES string of the molecule is CCOc1ccc(C(=O)N[C@H](C(=O)Nc2ccc(NC(C)=O)cc2)C(C)C)cc1. The van der Waals surface area contributed by atoms with Gasteiger partial charge in [-0.25, -0.2) is 0 Å². The average molecular weight is 397 g/mol. The number of hydrogen-bond acceptors (Lipinski definition) is 4. The fraction of sp³-hybridized carbons (Fsp3) is 0.318. The zero-order valence-electron chi connectivity index (χ0n) is 17.1. The van der Waals surface area contributed by atoms with Gasteiger partial charge in [-0.2, -0.15) is 0 Å². The minimum Gasteiger partial charge on any atom is -0.494 e. The third-order valence-electron chi connectivity index (χ3n) is 4.14. The van der Waals surface area contributed by atoms with Gasteiger partial charge >= 0.3 is 0 Å². The second-order valence-corrected chi connectivity index (χ2v) is 6.90. The predicted octanol–water partition coefficient (Wildman–Crippen LogP) is 3.44. The van der Waals surface area contributed by atoms with Crippen LogP contribution < -0.4 is 20.7 Å². The predicted molar refractivity (Wildman–Crippen MR) is 113 cm³/mol. The van der Waals surface area contributed by atoms with E-state index in [-0.39, 0.29) is 23.6 Å². The number of carbonyl (C=O) groups is 3. The molecule has 3 N–H and O–H groups in total. The Morgan fingerprint density at radius 2 is 1.45 bits per heavy atom. The third-order valence-corrected chi connectivity index (χ3v) is 4.14. The van der Waals surface area contributed by atoms with E-state index in [1.165, 1.54) is 6.92 Å². The van der Waals surface area contributed by atoms with Crippen molar-refractivity contribution in [2.75, 3.05) is 17.2 Å². The number of amides is 3. The Balaban J connectivity index is 2.03. The summed E-state index contributed by atoms with van der Waals surface area (Å²) < 4.78 is 5.38. The summed E-state index contributed by atoms with van der Waals surface area (Å²) in [5.74, 6) is -0.238. The van der Waals surface area contributed by atoms with Crippen LogP contribution in [0.2, 0.25) is 0 Å². The molecule has 0 aliphatic rings. The molecule has 2 rings (SSSR count). The molecule has 29 heavy (non-hydrogen) atoms. The molecular weight excluding hydrogens is 370 g/mol. The number of carbonyl (C=O) groups excluding carboxylic acids is 3. The number of hydrogen-bond donors (Lipinski definition) is 3. The molecule has 0 aliphatic heterocycles. The van der Waals surface area contributed by atoms with Gasteiger partial charge in [-0.05, 0) is 61.4 Å². The van der Waals surface area contributed by atoms with Gasteiger partial charge in [0.15, 0.2) is 0 Å². The van der Waals surface area contributed by atoms with Crippen LogP contribution in [0.15, 0.2) is 48.5 Å². The smallest absolute Gasteiger partial charge is 0.251 e. The van der Waals surface area contributed by atoms with E-state index in [2.05, 4.69) is 16.0 Å². The quantitative estimate of drug-likeness (QED) is 0.636. The summed E-state index contributed by atoms with van der Waals surface area (Å²) in [7, 11) is 0. The van der Waals surface area contributed by atoms with Crippen LogP contribution in [0.1, 0.15) is 38.1 Å². The fourth-order valence-corrected chi connectivity index (χ4v) is 2.69. The molecule has 2 aromatic carbocycles. The number of nitrogens with one attached hydrogen (secondary N) is 3. The largest absolute Gasteiger partial charge is 0.494 e. The van der Waals surface area contributed by atoms with Crippen LogP contribution in [-0.4, -0.2) is 30.4 Å². The molecule has 3 amide bonds. The summed E-state index contributed by atoms with van der Waals surface area (Å²) in [5, 5.41) is 8.26. The highest BCUT2D eigenvalue weighted by Gasteiger charge is 2.24. The lowest BCUT2D eigenvalue weighted by Gasteiger charge is -2.22. The fourth-order valence-electron chi connectivity index (χ4n) is 2.69. The van der Waals surface area contributed by atoms with E-state index in [4.69, 9.17) is 4.74 Å². The molecule has 0 unspecified atom stereocenters. The van der Waals surface area contributed by atoms with Crippen molar-refractivity contribution in [3.63, 3.8) is 0 Å². The Morgan fingerprint density at radius 3 is 1.93 bits per heavy atom. The van der Waals surface area contributed by atoms with E-state index in [0.29, 0.717) is 29.3 Å². The Bertz CT molecular complexity index is 845. The third kappa shape index (κ3) is 6.64. The Labute approximate surface area is 170 Å². The normalized spacial score (nSPS) is 11.5. The molecule has 7 heteroatoms. The van der Waals surface area contributed by atoms with Crippen LogP contribution in [0, 0.1) is 5.92 Å².